The normalized spacial score (nSPS) is 25.8. The van der Waals surface area contributed by atoms with Gasteiger partial charge < -0.3 is 9.64 Å². The minimum Gasteiger partial charge on any atom is -0.443 e. The molecule has 1 fully saturated rings. The van der Waals surface area contributed by atoms with Gasteiger partial charge in [-0.3, -0.25) is 4.90 Å². The van der Waals surface area contributed by atoms with Crippen molar-refractivity contribution in [2.24, 2.45) is 5.92 Å². The van der Waals surface area contributed by atoms with Crippen molar-refractivity contribution in [2.75, 3.05) is 20.1 Å². The minimum atomic E-state index is -0.504. The predicted octanol–water partition coefficient (Wildman–Crippen LogP) is 5.25. The van der Waals surface area contributed by atoms with Crippen molar-refractivity contribution in [3.8, 4) is 0 Å². The highest BCUT2D eigenvalue weighted by Gasteiger charge is 2.42. The highest BCUT2D eigenvalue weighted by Crippen LogP contribution is 2.38. The lowest BCUT2D eigenvalue weighted by atomic mass is 9.85. The topological polar surface area (TPSA) is 35.8 Å². The number of piperidine rings is 1. The number of hydrogen-bond donors (Lipinski definition) is 0. The lowest BCUT2D eigenvalue weighted by Gasteiger charge is -2.42. The van der Waals surface area contributed by atoms with E-state index in [0.717, 1.165) is 30.6 Å². The number of allylic oxidation sites excluding steroid dienone is 1. The van der Waals surface area contributed by atoms with Crippen molar-refractivity contribution in [3.05, 3.63) is 35.4 Å². The van der Waals surface area contributed by atoms with E-state index in [1.807, 2.05) is 25.7 Å². The third-order valence-electron chi connectivity index (χ3n) is 6.95. The molecule has 5 heteroatoms. The first-order chi connectivity index (χ1) is 14.4. The van der Waals surface area contributed by atoms with E-state index in [1.165, 1.54) is 17.7 Å². The summed E-state index contributed by atoms with van der Waals surface area (Å²) in [5.74, 6) is 0.425. The molecule has 0 bridgehead atoms. The molecule has 1 unspecified atom stereocenters. The molecular formula is C26H38N3O2+. The number of benzene rings is 1. The first-order valence-corrected chi connectivity index (χ1v) is 11.6. The van der Waals surface area contributed by atoms with Gasteiger partial charge in [-0.15, -0.1) is 0 Å². The second-order valence-corrected chi connectivity index (χ2v) is 11.2. The summed E-state index contributed by atoms with van der Waals surface area (Å²) in [5.41, 5.74) is 4.35. The summed E-state index contributed by atoms with van der Waals surface area (Å²) in [4.78, 5) is 17.3. The molecule has 0 N–H and O–H groups in total. The summed E-state index contributed by atoms with van der Waals surface area (Å²) in [6.07, 6.45) is 7.52. The third kappa shape index (κ3) is 4.43. The van der Waals surface area contributed by atoms with Crippen molar-refractivity contribution in [1.29, 1.82) is 0 Å². The maximum atomic E-state index is 13.0. The molecule has 0 spiro atoms. The van der Waals surface area contributed by atoms with E-state index in [2.05, 4.69) is 67.8 Å². The van der Waals surface area contributed by atoms with Gasteiger partial charge in [-0.1, -0.05) is 19.1 Å². The average Bonchev–Trinajstić information content (AvgIpc) is 2.64. The first-order valence-electron chi connectivity index (χ1n) is 11.6. The van der Waals surface area contributed by atoms with Crippen molar-refractivity contribution >= 4 is 23.7 Å². The average molecular weight is 425 g/mol. The molecule has 2 atom stereocenters. The first kappa shape index (κ1) is 22.1. The molecule has 3 aliphatic rings. The lowest BCUT2D eigenvalue weighted by molar-refractivity contribution is -0.499. The van der Waals surface area contributed by atoms with Gasteiger partial charge in [0.1, 0.15) is 11.2 Å². The predicted molar refractivity (Wildman–Crippen MR) is 126 cm³/mol. The summed E-state index contributed by atoms with van der Waals surface area (Å²) in [6, 6.07) is 7.12. The van der Waals surface area contributed by atoms with Crippen molar-refractivity contribution < 1.29 is 14.1 Å². The van der Waals surface area contributed by atoms with Gasteiger partial charge in [0, 0.05) is 43.1 Å². The largest absolute Gasteiger partial charge is 0.443 e. The van der Waals surface area contributed by atoms with Gasteiger partial charge in [-0.25, -0.2) is 4.79 Å². The fourth-order valence-corrected chi connectivity index (χ4v) is 4.88. The quantitative estimate of drug-likeness (QED) is 0.608. The zero-order chi connectivity index (χ0) is 22.6. The van der Waals surface area contributed by atoms with Crippen LogP contribution >= 0.6 is 0 Å². The molecule has 1 aromatic carbocycles. The zero-order valence-electron chi connectivity index (χ0n) is 20.2. The molecular weight excluding hydrogens is 386 g/mol. The summed E-state index contributed by atoms with van der Waals surface area (Å²) in [7, 11) is 2.23. The maximum Gasteiger partial charge on any atom is 0.414 e. The Hall–Kier alpha value is -2.14. The van der Waals surface area contributed by atoms with E-state index < -0.39 is 5.60 Å². The Morgan fingerprint density at radius 3 is 2.68 bits per heavy atom. The summed E-state index contributed by atoms with van der Waals surface area (Å²) in [5, 5.41) is 0. The minimum absolute atomic E-state index is 0.208. The molecule has 0 aromatic heterocycles. The molecule has 1 aromatic rings. The number of rotatable bonds is 2. The Morgan fingerprint density at radius 2 is 2.00 bits per heavy atom. The lowest BCUT2D eigenvalue weighted by Crippen LogP contribution is -2.52. The summed E-state index contributed by atoms with van der Waals surface area (Å²) >= 11 is 0. The van der Waals surface area contributed by atoms with Gasteiger partial charge in [0.2, 0.25) is 5.69 Å². The van der Waals surface area contributed by atoms with Crippen molar-refractivity contribution in [3.63, 3.8) is 0 Å². The van der Waals surface area contributed by atoms with Crippen LogP contribution in [0.5, 0.6) is 0 Å². The summed E-state index contributed by atoms with van der Waals surface area (Å²) in [6.45, 7) is 14.4. The van der Waals surface area contributed by atoms with E-state index in [9.17, 15) is 4.79 Å². The van der Waals surface area contributed by atoms with Gasteiger partial charge >= 0.3 is 6.09 Å². The van der Waals surface area contributed by atoms with Crippen LogP contribution in [0.2, 0.25) is 0 Å². The molecule has 4 rings (SSSR count). The van der Waals surface area contributed by atoms with Gasteiger partial charge in [0.15, 0.2) is 12.3 Å². The van der Waals surface area contributed by atoms with Crippen LogP contribution in [0.3, 0.4) is 0 Å². The smallest absolute Gasteiger partial charge is 0.414 e. The third-order valence-corrected chi connectivity index (χ3v) is 6.95. The Kier molecular flexibility index (Phi) is 5.53. The molecule has 0 saturated carbocycles. The fourth-order valence-electron chi connectivity index (χ4n) is 4.88. The number of ether oxygens (including phenoxy) is 1. The van der Waals surface area contributed by atoms with E-state index in [0.29, 0.717) is 18.5 Å². The molecule has 1 amide bonds. The molecule has 1 saturated heterocycles. The van der Waals surface area contributed by atoms with Crippen LogP contribution in [0.1, 0.15) is 71.9 Å². The van der Waals surface area contributed by atoms with Gasteiger partial charge in [-0.05, 0) is 60.1 Å². The van der Waals surface area contributed by atoms with Crippen LogP contribution in [-0.2, 0) is 4.74 Å². The van der Waals surface area contributed by atoms with E-state index >= 15 is 0 Å². The van der Waals surface area contributed by atoms with Gasteiger partial charge in [0.25, 0.3) is 0 Å². The molecule has 3 aliphatic heterocycles. The van der Waals surface area contributed by atoms with Crippen LogP contribution in [-0.4, -0.2) is 64.0 Å². The number of likely N-dealkylation sites (tertiary alicyclic amines) is 1. The van der Waals surface area contributed by atoms with Gasteiger partial charge in [-0.2, -0.15) is 4.58 Å². The number of hydrogen-bond acceptors (Lipinski definition) is 3. The highest BCUT2D eigenvalue weighted by atomic mass is 16.6. The van der Waals surface area contributed by atoms with Crippen molar-refractivity contribution in [1.82, 2.24) is 9.80 Å². The second kappa shape index (κ2) is 7.77. The zero-order valence-corrected chi connectivity index (χ0v) is 20.2. The van der Waals surface area contributed by atoms with Crippen LogP contribution in [0.25, 0.3) is 5.70 Å². The molecule has 31 heavy (non-hydrogen) atoms. The van der Waals surface area contributed by atoms with E-state index in [1.54, 1.807) is 0 Å². The van der Waals surface area contributed by atoms with Crippen LogP contribution < -0.4 is 0 Å². The number of carbonyl (C=O) groups excluding carboxylic acids is 1. The fraction of sp³-hybridized carbons (Fsp3) is 0.615. The van der Waals surface area contributed by atoms with Crippen LogP contribution in [0.4, 0.5) is 10.5 Å². The Labute approximate surface area is 187 Å². The second-order valence-electron chi connectivity index (χ2n) is 11.2. The SMILES string of the molecule is C[C@H]1CC=C(c2ccc3c(c2)[N+](C2CCN(C)C(C)(C)C2)=C3)N(C(=O)OC(C)(C)C)C1. The molecule has 5 nitrogen and oxygen atoms in total. The Morgan fingerprint density at radius 1 is 1.26 bits per heavy atom. The van der Waals surface area contributed by atoms with E-state index in [-0.39, 0.29) is 11.6 Å². The molecule has 168 valence electrons. The standard InChI is InChI=1S/C26H38N3O2/c1-18-8-11-22(29(16-18)24(30)31-25(2,3)4)19-9-10-20-17-28(23(20)14-19)21-12-13-27(7)26(5,6)15-21/h9-11,14,17-18,21H,8,12-13,15-16H2,1-7H3/q+1/t18-,21?/m0/s1. The van der Waals surface area contributed by atoms with Crippen molar-refractivity contribution in [2.45, 2.75) is 78.0 Å². The number of amides is 1. The Bertz CT molecular complexity index is 938. The maximum absolute atomic E-state index is 13.0. The monoisotopic (exact) mass is 424 g/mol. The van der Waals surface area contributed by atoms with Crippen LogP contribution in [0.15, 0.2) is 24.3 Å². The number of fused-ring (bicyclic) bond motifs is 1. The number of carbonyl (C=O) groups is 1. The summed E-state index contributed by atoms with van der Waals surface area (Å²) < 4.78 is 8.18. The number of nitrogens with zero attached hydrogens (tertiary/aromatic N) is 3. The molecule has 0 aliphatic carbocycles. The highest BCUT2D eigenvalue weighted by molar-refractivity contribution is 5.91. The Balaban J connectivity index is 1.58. The van der Waals surface area contributed by atoms with Crippen LogP contribution in [0, 0.1) is 5.92 Å². The van der Waals surface area contributed by atoms with E-state index in [4.69, 9.17) is 4.74 Å². The molecule has 3 heterocycles. The molecule has 0 radical (unpaired) electrons. The van der Waals surface area contributed by atoms with Gasteiger partial charge in [0.05, 0.1) is 5.70 Å².